The fourth-order valence-corrected chi connectivity index (χ4v) is 2.04. The summed E-state index contributed by atoms with van der Waals surface area (Å²) in [6, 6.07) is 7.03. The molecule has 0 spiro atoms. The van der Waals surface area contributed by atoms with Crippen molar-refractivity contribution in [2.45, 2.75) is 45.7 Å². The number of amides is 1. The molecule has 0 bridgehead atoms. The maximum atomic E-state index is 13.6. The van der Waals surface area contributed by atoms with Gasteiger partial charge in [0.1, 0.15) is 5.82 Å². The van der Waals surface area contributed by atoms with E-state index in [0.29, 0.717) is 18.2 Å². The van der Waals surface area contributed by atoms with Crippen molar-refractivity contribution in [1.29, 1.82) is 0 Å². The molecule has 0 aromatic heterocycles. The van der Waals surface area contributed by atoms with Gasteiger partial charge in [-0.2, -0.15) is 0 Å². The first-order chi connectivity index (χ1) is 8.63. The lowest BCUT2D eigenvalue weighted by Crippen LogP contribution is -2.36. The second-order valence-electron chi connectivity index (χ2n) is 5.10. The molecule has 0 heterocycles. The molecule has 1 aliphatic rings. The maximum absolute atomic E-state index is 13.6. The zero-order valence-electron chi connectivity index (χ0n) is 11.0. The highest BCUT2D eigenvalue weighted by Gasteiger charge is 2.34. The first-order valence-electron chi connectivity index (χ1n) is 6.67. The molecule has 1 unspecified atom stereocenters. The van der Waals surface area contributed by atoms with Gasteiger partial charge in [0.15, 0.2) is 0 Å². The quantitative estimate of drug-likeness (QED) is 0.783. The Morgan fingerprint density at radius 1 is 1.44 bits per heavy atom. The van der Waals surface area contributed by atoms with E-state index in [1.54, 1.807) is 12.1 Å². The van der Waals surface area contributed by atoms with Gasteiger partial charge in [0.25, 0.3) is 0 Å². The third-order valence-corrected chi connectivity index (χ3v) is 3.60. The van der Waals surface area contributed by atoms with Gasteiger partial charge in [-0.1, -0.05) is 32.0 Å². The first kappa shape index (κ1) is 13.1. The largest absolute Gasteiger partial charge is 0.335 e. The summed E-state index contributed by atoms with van der Waals surface area (Å²) in [5, 5.41) is 0. The number of benzene rings is 1. The number of halogens is 1. The monoisotopic (exact) mass is 249 g/mol. The van der Waals surface area contributed by atoms with Gasteiger partial charge >= 0.3 is 0 Å². The fraction of sp³-hybridized carbons (Fsp3) is 0.533. The Balaban J connectivity index is 2.12. The molecule has 1 aromatic carbocycles. The topological polar surface area (TPSA) is 20.3 Å². The minimum atomic E-state index is -0.222. The molecule has 0 N–H and O–H groups in total. The number of hydrogen-bond acceptors (Lipinski definition) is 1. The summed E-state index contributed by atoms with van der Waals surface area (Å²) in [7, 11) is 0. The minimum Gasteiger partial charge on any atom is -0.335 e. The Labute approximate surface area is 108 Å². The van der Waals surface area contributed by atoms with Crippen molar-refractivity contribution in [3.63, 3.8) is 0 Å². The average Bonchev–Trinajstić information content (AvgIpc) is 3.20. The molecule has 1 aromatic rings. The zero-order valence-corrected chi connectivity index (χ0v) is 11.0. The molecule has 1 amide bonds. The summed E-state index contributed by atoms with van der Waals surface area (Å²) in [5.41, 5.74) is 0.612. The van der Waals surface area contributed by atoms with Gasteiger partial charge in [0, 0.05) is 24.1 Å². The van der Waals surface area contributed by atoms with Crippen molar-refractivity contribution < 1.29 is 9.18 Å². The molecule has 98 valence electrons. The molecule has 2 nitrogen and oxygen atoms in total. The summed E-state index contributed by atoms with van der Waals surface area (Å²) in [5.74, 6) is -0.0410. The molecule has 0 saturated heterocycles. The van der Waals surface area contributed by atoms with Crippen LogP contribution in [0.2, 0.25) is 0 Å². The Kier molecular flexibility index (Phi) is 4.00. The predicted octanol–water partition coefficient (Wildman–Crippen LogP) is 3.36. The normalized spacial score (nSPS) is 16.4. The van der Waals surface area contributed by atoms with Crippen LogP contribution in [0.3, 0.4) is 0 Å². The average molecular weight is 249 g/mol. The second-order valence-corrected chi connectivity index (χ2v) is 5.10. The Bertz CT molecular complexity index is 428. The van der Waals surface area contributed by atoms with E-state index in [1.807, 2.05) is 24.8 Å². The van der Waals surface area contributed by atoms with Gasteiger partial charge in [-0.15, -0.1) is 0 Å². The van der Waals surface area contributed by atoms with E-state index in [0.717, 1.165) is 19.3 Å². The van der Waals surface area contributed by atoms with Crippen molar-refractivity contribution >= 4 is 5.91 Å². The second kappa shape index (κ2) is 5.51. The van der Waals surface area contributed by atoms with E-state index in [2.05, 4.69) is 0 Å². The van der Waals surface area contributed by atoms with Crippen LogP contribution < -0.4 is 0 Å². The number of nitrogens with zero attached hydrogens (tertiary/aromatic N) is 1. The molecule has 3 heteroatoms. The summed E-state index contributed by atoms with van der Waals surface area (Å²) in [6.07, 6.45) is 2.94. The number of carbonyl (C=O) groups excluding carboxylic acids is 1. The molecular formula is C15H20FNO. The highest BCUT2D eigenvalue weighted by Crippen LogP contribution is 2.30. The van der Waals surface area contributed by atoms with Crippen LogP contribution in [0.1, 0.15) is 38.7 Å². The van der Waals surface area contributed by atoms with Gasteiger partial charge in [-0.3, -0.25) is 4.79 Å². The zero-order chi connectivity index (χ0) is 13.1. The van der Waals surface area contributed by atoms with Gasteiger partial charge in [0.05, 0.1) is 0 Å². The summed E-state index contributed by atoms with van der Waals surface area (Å²) in [4.78, 5) is 14.1. The highest BCUT2D eigenvalue weighted by atomic mass is 19.1. The molecule has 0 radical (unpaired) electrons. The van der Waals surface area contributed by atoms with Crippen LogP contribution >= 0.6 is 0 Å². The van der Waals surface area contributed by atoms with Crippen molar-refractivity contribution in [3.05, 3.63) is 35.6 Å². The first-order valence-corrected chi connectivity index (χ1v) is 6.67. The van der Waals surface area contributed by atoms with E-state index < -0.39 is 0 Å². The molecule has 1 saturated carbocycles. The van der Waals surface area contributed by atoms with Crippen molar-refractivity contribution in [2.75, 3.05) is 0 Å². The highest BCUT2D eigenvalue weighted by molar-refractivity contribution is 5.79. The Hall–Kier alpha value is -1.38. The van der Waals surface area contributed by atoms with E-state index in [-0.39, 0.29) is 17.6 Å². The Morgan fingerprint density at radius 3 is 2.67 bits per heavy atom. The molecular weight excluding hydrogens is 229 g/mol. The van der Waals surface area contributed by atoms with Crippen LogP contribution in [-0.4, -0.2) is 16.8 Å². The molecule has 0 aliphatic heterocycles. The van der Waals surface area contributed by atoms with E-state index in [9.17, 15) is 9.18 Å². The molecule has 1 fully saturated rings. The van der Waals surface area contributed by atoms with Gasteiger partial charge in [-0.05, 0) is 25.3 Å². The van der Waals surface area contributed by atoms with Crippen molar-refractivity contribution in [1.82, 2.24) is 4.90 Å². The summed E-state index contributed by atoms with van der Waals surface area (Å²) >= 11 is 0. The van der Waals surface area contributed by atoms with E-state index >= 15 is 0 Å². The summed E-state index contributed by atoms with van der Waals surface area (Å²) in [6.45, 7) is 4.36. The van der Waals surface area contributed by atoms with E-state index in [4.69, 9.17) is 0 Å². The molecule has 18 heavy (non-hydrogen) atoms. The van der Waals surface area contributed by atoms with Gasteiger partial charge in [0.2, 0.25) is 5.91 Å². The number of carbonyl (C=O) groups is 1. The Morgan fingerprint density at radius 2 is 2.11 bits per heavy atom. The van der Waals surface area contributed by atoms with Crippen LogP contribution in [0, 0.1) is 11.7 Å². The smallest absolute Gasteiger partial charge is 0.225 e. The molecule has 1 aliphatic carbocycles. The summed E-state index contributed by atoms with van der Waals surface area (Å²) < 4.78 is 13.6. The predicted molar refractivity (Wildman–Crippen MR) is 69.4 cm³/mol. The molecule has 1 atom stereocenters. The SMILES string of the molecule is CCC(C)C(=O)N(Cc1ccccc1F)C1CC1. The van der Waals surface area contributed by atoms with Crippen LogP contribution in [0.25, 0.3) is 0 Å². The van der Waals surface area contributed by atoms with Crippen LogP contribution in [0.5, 0.6) is 0 Å². The lowest BCUT2D eigenvalue weighted by molar-refractivity contribution is -0.136. The van der Waals surface area contributed by atoms with Crippen molar-refractivity contribution in [2.24, 2.45) is 5.92 Å². The van der Waals surface area contributed by atoms with E-state index in [1.165, 1.54) is 6.07 Å². The van der Waals surface area contributed by atoms with Gasteiger partial charge < -0.3 is 4.90 Å². The third kappa shape index (κ3) is 2.89. The minimum absolute atomic E-state index is 0.0253. The van der Waals surface area contributed by atoms with Crippen LogP contribution in [-0.2, 0) is 11.3 Å². The van der Waals surface area contributed by atoms with Crippen LogP contribution in [0.15, 0.2) is 24.3 Å². The van der Waals surface area contributed by atoms with Crippen LogP contribution in [0.4, 0.5) is 4.39 Å². The third-order valence-electron chi connectivity index (χ3n) is 3.60. The standard InChI is InChI=1S/C15H20FNO/c1-3-11(2)15(18)17(13-8-9-13)10-12-6-4-5-7-14(12)16/h4-7,11,13H,3,8-10H2,1-2H3. The fourth-order valence-electron chi connectivity index (χ4n) is 2.04. The lowest BCUT2D eigenvalue weighted by Gasteiger charge is -2.25. The number of rotatable bonds is 5. The molecule has 2 rings (SSSR count). The maximum Gasteiger partial charge on any atom is 0.225 e. The van der Waals surface area contributed by atoms with Gasteiger partial charge in [-0.25, -0.2) is 4.39 Å². The lowest BCUT2D eigenvalue weighted by atomic mass is 10.1. The van der Waals surface area contributed by atoms with Crippen molar-refractivity contribution in [3.8, 4) is 0 Å². The number of hydrogen-bond donors (Lipinski definition) is 0.